The first-order chi connectivity index (χ1) is 14.6. The van der Waals surface area contributed by atoms with Crippen molar-refractivity contribution in [2.45, 2.75) is 39.5 Å². The zero-order valence-electron chi connectivity index (χ0n) is 17.8. The third-order valence-electron chi connectivity index (χ3n) is 4.72. The van der Waals surface area contributed by atoms with Gasteiger partial charge in [0.1, 0.15) is 30.0 Å². The van der Waals surface area contributed by atoms with Crippen molar-refractivity contribution < 1.29 is 19.0 Å². The summed E-state index contributed by atoms with van der Waals surface area (Å²) in [7, 11) is 0. The van der Waals surface area contributed by atoms with Crippen LogP contribution in [-0.2, 0) is 13.1 Å². The Hall–Kier alpha value is -2.76. The first kappa shape index (κ1) is 21.9. The number of nitrogens with zero attached hydrogens (tertiary/aromatic N) is 1. The van der Waals surface area contributed by atoms with Crippen molar-refractivity contribution in [3.8, 4) is 11.5 Å². The molecule has 5 nitrogen and oxygen atoms in total. The number of para-hydroxylation sites is 1. The van der Waals surface area contributed by atoms with Gasteiger partial charge in [-0.25, -0.2) is 0 Å². The summed E-state index contributed by atoms with van der Waals surface area (Å²) in [6.07, 6.45) is 1.99. The summed E-state index contributed by atoms with van der Waals surface area (Å²) in [5.74, 6) is 2.50. The third-order valence-corrected chi connectivity index (χ3v) is 4.72. The SMILES string of the molecule is CCCOc1ccccc1CN(Cc1ccco1)CC(O)COc1ccc(C)cc1. The van der Waals surface area contributed by atoms with Crippen LogP contribution in [0.25, 0.3) is 0 Å². The monoisotopic (exact) mass is 409 g/mol. The molecule has 1 aromatic heterocycles. The number of aliphatic hydroxyl groups excluding tert-OH is 1. The first-order valence-electron chi connectivity index (χ1n) is 10.5. The van der Waals surface area contributed by atoms with Crippen molar-refractivity contribution in [2.24, 2.45) is 0 Å². The third kappa shape index (κ3) is 6.94. The molecule has 0 aliphatic rings. The number of aliphatic hydroxyl groups is 1. The molecule has 0 aliphatic heterocycles. The van der Waals surface area contributed by atoms with E-state index in [2.05, 4.69) is 17.9 Å². The van der Waals surface area contributed by atoms with E-state index in [9.17, 15) is 5.11 Å². The van der Waals surface area contributed by atoms with Gasteiger partial charge in [0.05, 0.1) is 19.4 Å². The zero-order chi connectivity index (χ0) is 21.2. The Morgan fingerprint density at radius 1 is 0.967 bits per heavy atom. The Labute approximate surface area is 178 Å². The molecular formula is C25H31NO4. The van der Waals surface area contributed by atoms with E-state index >= 15 is 0 Å². The van der Waals surface area contributed by atoms with Crippen molar-refractivity contribution in [2.75, 3.05) is 19.8 Å². The number of rotatable bonds is 12. The fourth-order valence-electron chi connectivity index (χ4n) is 3.21. The number of aryl methyl sites for hydroxylation is 1. The van der Waals surface area contributed by atoms with E-state index in [1.54, 1.807) is 6.26 Å². The van der Waals surface area contributed by atoms with Gasteiger partial charge in [-0.05, 0) is 43.7 Å². The molecule has 0 saturated heterocycles. The molecule has 0 amide bonds. The number of benzene rings is 2. The lowest BCUT2D eigenvalue weighted by Gasteiger charge is -2.25. The molecule has 0 bridgehead atoms. The molecule has 30 heavy (non-hydrogen) atoms. The van der Waals surface area contributed by atoms with E-state index in [1.807, 2.05) is 61.5 Å². The molecule has 0 radical (unpaired) electrons. The minimum atomic E-state index is -0.634. The van der Waals surface area contributed by atoms with Gasteiger partial charge in [-0.1, -0.05) is 42.8 Å². The second kappa shape index (κ2) is 11.4. The molecule has 160 valence electrons. The van der Waals surface area contributed by atoms with E-state index < -0.39 is 6.10 Å². The maximum Gasteiger partial charge on any atom is 0.123 e. The summed E-state index contributed by atoms with van der Waals surface area (Å²) in [6, 6.07) is 19.7. The van der Waals surface area contributed by atoms with Gasteiger partial charge in [0.25, 0.3) is 0 Å². The second-order valence-corrected chi connectivity index (χ2v) is 7.48. The van der Waals surface area contributed by atoms with E-state index in [0.29, 0.717) is 26.2 Å². The first-order valence-corrected chi connectivity index (χ1v) is 10.5. The molecule has 0 aliphatic carbocycles. The van der Waals surface area contributed by atoms with Crippen LogP contribution in [0.5, 0.6) is 11.5 Å². The lowest BCUT2D eigenvalue weighted by Crippen LogP contribution is -2.35. The number of hydrogen-bond donors (Lipinski definition) is 1. The van der Waals surface area contributed by atoms with Crippen LogP contribution in [0, 0.1) is 6.92 Å². The number of ether oxygens (including phenoxy) is 2. The highest BCUT2D eigenvalue weighted by Crippen LogP contribution is 2.22. The average molecular weight is 410 g/mol. The Morgan fingerprint density at radius 2 is 1.77 bits per heavy atom. The molecular weight excluding hydrogens is 378 g/mol. The standard InChI is InChI=1S/C25H31NO4/c1-3-14-29-25-9-5-4-7-21(25)16-26(18-24-8-6-15-28-24)17-22(27)19-30-23-12-10-20(2)11-13-23/h4-13,15,22,27H,3,14,16-19H2,1-2H3. The highest BCUT2D eigenvalue weighted by atomic mass is 16.5. The highest BCUT2D eigenvalue weighted by Gasteiger charge is 2.17. The van der Waals surface area contributed by atoms with Gasteiger partial charge in [0.2, 0.25) is 0 Å². The van der Waals surface area contributed by atoms with Crippen LogP contribution < -0.4 is 9.47 Å². The van der Waals surface area contributed by atoms with Crippen LogP contribution >= 0.6 is 0 Å². The van der Waals surface area contributed by atoms with Crippen molar-refractivity contribution in [3.05, 3.63) is 83.8 Å². The maximum absolute atomic E-state index is 10.6. The van der Waals surface area contributed by atoms with Crippen molar-refractivity contribution in [3.63, 3.8) is 0 Å². The van der Waals surface area contributed by atoms with E-state index in [0.717, 1.165) is 29.2 Å². The molecule has 1 heterocycles. The molecule has 1 atom stereocenters. The Morgan fingerprint density at radius 3 is 2.50 bits per heavy atom. The lowest BCUT2D eigenvalue weighted by molar-refractivity contribution is 0.0601. The van der Waals surface area contributed by atoms with Crippen LogP contribution in [0.15, 0.2) is 71.3 Å². The summed E-state index contributed by atoms with van der Waals surface area (Å²) in [6.45, 7) is 6.73. The maximum atomic E-state index is 10.6. The lowest BCUT2D eigenvalue weighted by atomic mass is 10.1. The molecule has 2 aromatic carbocycles. The minimum absolute atomic E-state index is 0.228. The zero-order valence-corrected chi connectivity index (χ0v) is 17.8. The van der Waals surface area contributed by atoms with E-state index in [1.165, 1.54) is 5.56 Å². The largest absolute Gasteiger partial charge is 0.493 e. The van der Waals surface area contributed by atoms with Gasteiger partial charge in [0, 0.05) is 18.7 Å². The van der Waals surface area contributed by atoms with Gasteiger partial charge < -0.3 is 19.0 Å². The summed E-state index contributed by atoms with van der Waals surface area (Å²) in [4.78, 5) is 2.15. The summed E-state index contributed by atoms with van der Waals surface area (Å²) in [5, 5.41) is 10.6. The quantitative estimate of drug-likeness (QED) is 0.465. The molecule has 1 unspecified atom stereocenters. The van der Waals surface area contributed by atoms with Crippen molar-refractivity contribution >= 4 is 0 Å². The topological polar surface area (TPSA) is 55.1 Å². The molecule has 3 aromatic rings. The van der Waals surface area contributed by atoms with Crippen LogP contribution in [0.4, 0.5) is 0 Å². The predicted octanol–water partition coefficient (Wildman–Crippen LogP) is 4.82. The number of furan rings is 1. The molecule has 3 rings (SSSR count). The van der Waals surface area contributed by atoms with Crippen LogP contribution in [0.1, 0.15) is 30.2 Å². The Balaban J connectivity index is 1.64. The fourth-order valence-corrected chi connectivity index (χ4v) is 3.21. The van der Waals surface area contributed by atoms with Crippen molar-refractivity contribution in [1.29, 1.82) is 0 Å². The molecule has 0 fully saturated rings. The van der Waals surface area contributed by atoms with Crippen LogP contribution in [0.3, 0.4) is 0 Å². The van der Waals surface area contributed by atoms with Crippen LogP contribution in [-0.4, -0.2) is 35.9 Å². The minimum Gasteiger partial charge on any atom is -0.493 e. The van der Waals surface area contributed by atoms with Crippen molar-refractivity contribution in [1.82, 2.24) is 4.90 Å². The van der Waals surface area contributed by atoms with Gasteiger partial charge in [-0.15, -0.1) is 0 Å². The average Bonchev–Trinajstić information content (AvgIpc) is 3.26. The second-order valence-electron chi connectivity index (χ2n) is 7.48. The van der Waals surface area contributed by atoms with Gasteiger partial charge >= 0.3 is 0 Å². The summed E-state index contributed by atoms with van der Waals surface area (Å²) < 4.78 is 17.2. The number of hydrogen-bond acceptors (Lipinski definition) is 5. The van der Waals surface area contributed by atoms with Gasteiger partial charge in [-0.3, -0.25) is 4.90 Å². The Bertz CT molecular complexity index is 861. The highest BCUT2D eigenvalue weighted by molar-refractivity contribution is 5.33. The van der Waals surface area contributed by atoms with Gasteiger partial charge in [-0.2, -0.15) is 0 Å². The smallest absolute Gasteiger partial charge is 0.123 e. The molecule has 0 spiro atoms. The fraction of sp³-hybridized carbons (Fsp3) is 0.360. The molecule has 1 N–H and O–H groups in total. The van der Waals surface area contributed by atoms with E-state index in [4.69, 9.17) is 13.9 Å². The summed E-state index contributed by atoms with van der Waals surface area (Å²) in [5.41, 5.74) is 2.26. The predicted molar refractivity (Wildman–Crippen MR) is 118 cm³/mol. The normalized spacial score (nSPS) is 12.1. The molecule has 5 heteroatoms. The van der Waals surface area contributed by atoms with E-state index in [-0.39, 0.29) is 6.61 Å². The Kier molecular flexibility index (Phi) is 8.36. The summed E-state index contributed by atoms with van der Waals surface area (Å²) >= 11 is 0. The molecule has 0 saturated carbocycles. The van der Waals surface area contributed by atoms with Gasteiger partial charge in [0.15, 0.2) is 0 Å². The van der Waals surface area contributed by atoms with Crippen LogP contribution in [0.2, 0.25) is 0 Å².